The van der Waals surface area contributed by atoms with Crippen molar-refractivity contribution >= 4 is 12.1 Å². The Balaban J connectivity index is 2.36. The van der Waals surface area contributed by atoms with E-state index in [1.54, 1.807) is 18.7 Å². The lowest BCUT2D eigenvalue weighted by Crippen LogP contribution is -2.50. The van der Waals surface area contributed by atoms with Crippen molar-refractivity contribution in [3.63, 3.8) is 0 Å². The lowest BCUT2D eigenvalue weighted by molar-refractivity contribution is -0.131. The number of hydrogen-bond acceptors (Lipinski definition) is 4. The lowest BCUT2D eigenvalue weighted by Gasteiger charge is -2.35. The molecule has 2 rings (SSSR count). The monoisotopic (exact) mass is 361 g/mol. The molecule has 26 heavy (non-hydrogen) atoms. The summed E-state index contributed by atoms with van der Waals surface area (Å²) < 4.78 is 11.6. The summed E-state index contributed by atoms with van der Waals surface area (Å²) in [5.74, 6) is -1.06. The van der Waals surface area contributed by atoms with Crippen LogP contribution in [0.15, 0.2) is 42.5 Å². The van der Waals surface area contributed by atoms with Crippen molar-refractivity contribution < 1.29 is 24.2 Å². The van der Waals surface area contributed by atoms with Gasteiger partial charge in [0.05, 0.1) is 12.1 Å². The number of benzene rings is 1. The molecule has 0 spiro atoms. The molecule has 6 nitrogen and oxygen atoms in total. The number of aliphatic carboxylic acids is 1. The first-order valence-corrected chi connectivity index (χ1v) is 8.65. The van der Waals surface area contributed by atoms with Gasteiger partial charge in [0, 0.05) is 6.08 Å². The summed E-state index contributed by atoms with van der Waals surface area (Å²) in [5, 5.41) is 8.96. The number of ether oxygens (including phenoxy) is 2. The van der Waals surface area contributed by atoms with E-state index in [-0.39, 0.29) is 6.04 Å². The summed E-state index contributed by atoms with van der Waals surface area (Å²) in [5.41, 5.74) is -0.532. The SMILES string of the molecule is CC(C)(C)OC(=O)N1C(Cc2ccccc2)C(C=CC(=O)O)OC1(C)C. The molecule has 1 amide bonds. The molecule has 0 aromatic heterocycles. The maximum atomic E-state index is 12.8. The Morgan fingerprint density at radius 3 is 2.42 bits per heavy atom. The summed E-state index contributed by atoms with van der Waals surface area (Å²) in [7, 11) is 0. The van der Waals surface area contributed by atoms with E-state index in [9.17, 15) is 9.59 Å². The number of amides is 1. The van der Waals surface area contributed by atoms with E-state index in [0.29, 0.717) is 6.42 Å². The minimum atomic E-state index is -1.06. The van der Waals surface area contributed by atoms with Gasteiger partial charge in [-0.1, -0.05) is 30.3 Å². The lowest BCUT2D eigenvalue weighted by atomic mass is 10.00. The van der Waals surface area contributed by atoms with E-state index in [0.717, 1.165) is 11.6 Å². The van der Waals surface area contributed by atoms with Crippen LogP contribution in [-0.4, -0.2) is 45.5 Å². The molecule has 1 fully saturated rings. The van der Waals surface area contributed by atoms with Crippen LogP contribution in [-0.2, 0) is 20.7 Å². The van der Waals surface area contributed by atoms with Gasteiger partial charge in [-0.3, -0.25) is 4.90 Å². The van der Waals surface area contributed by atoms with Gasteiger partial charge < -0.3 is 14.6 Å². The van der Waals surface area contributed by atoms with Gasteiger partial charge in [0.15, 0.2) is 0 Å². The number of hydrogen-bond donors (Lipinski definition) is 1. The van der Waals surface area contributed by atoms with Gasteiger partial charge in [0.25, 0.3) is 0 Å². The van der Waals surface area contributed by atoms with Gasteiger partial charge in [-0.2, -0.15) is 0 Å². The smallest absolute Gasteiger partial charge is 0.412 e. The zero-order valence-corrected chi connectivity index (χ0v) is 15.9. The van der Waals surface area contributed by atoms with Crippen LogP contribution in [0.5, 0.6) is 0 Å². The standard InChI is InChI=1S/C20H27NO5/c1-19(2,3)26-18(24)21-15(13-14-9-7-6-8-10-14)16(11-12-17(22)23)25-20(21,4)5/h6-12,15-16H,13H2,1-5H3,(H,22,23). The number of nitrogens with zero attached hydrogens (tertiary/aromatic N) is 1. The fraction of sp³-hybridized carbons (Fsp3) is 0.500. The van der Waals surface area contributed by atoms with E-state index in [4.69, 9.17) is 14.6 Å². The van der Waals surface area contributed by atoms with E-state index in [1.165, 1.54) is 6.08 Å². The Labute approximate surface area is 154 Å². The van der Waals surface area contributed by atoms with E-state index < -0.39 is 29.5 Å². The maximum absolute atomic E-state index is 12.8. The molecule has 1 N–H and O–H groups in total. The molecule has 1 aliphatic heterocycles. The van der Waals surface area contributed by atoms with Crippen LogP contribution in [0, 0.1) is 0 Å². The number of carboxylic acid groups (broad SMARTS) is 1. The van der Waals surface area contributed by atoms with E-state index >= 15 is 0 Å². The Hall–Kier alpha value is -2.34. The molecule has 1 aromatic rings. The third-order valence-electron chi connectivity index (χ3n) is 4.02. The molecule has 1 aliphatic rings. The number of rotatable bonds is 4. The Bertz CT molecular complexity index is 675. The normalized spacial score (nSPS) is 22.6. The molecule has 2 unspecified atom stereocenters. The van der Waals surface area contributed by atoms with Gasteiger partial charge in [0.1, 0.15) is 11.3 Å². The fourth-order valence-electron chi connectivity index (χ4n) is 3.09. The van der Waals surface area contributed by atoms with Crippen molar-refractivity contribution in [1.29, 1.82) is 0 Å². The molecule has 0 saturated carbocycles. The van der Waals surface area contributed by atoms with Crippen LogP contribution < -0.4 is 0 Å². The predicted octanol–water partition coefficient (Wildman–Crippen LogP) is 3.61. The summed E-state index contributed by atoms with van der Waals surface area (Å²) >= 11 is 0. The van der Waals surface area contributed by atoms with Crippen LogP contribution in [0.4, 0.5) is 4.79 Å². The van der Waals surface area contributed by atoms with Gasteiger partial charge in [0.2, 0.25) is 0 Å². The molecular weight excluding hydrogens is 334 g/mol. The first kappa shape index (κ1) is 20.0. The topological polar surface area (TPSA) is 76.1 Å². The van der Waals surface area contributed by atoms with Crippen molar-refractivity contribution in [2.75, 3.05) is 0 Å². The van der Waals surface area contributed by atoms with Crippen LogP contribution >= 0.6 is 0 Å². The van der Waals surface area contributed by atoms with Crippen LogP contribution in [0.25, 0.3) is 0 Å². The first-order valence-electron chi connectivity index (χ1n) is 8.65. The third-order valence-corrected chi connectivity index (χ3v) is 4.02. The number of carbonyl (C=O) groups excluding carboxylic acids is 1. The van der Waals surface area contributed by atoms with E-state index in [2.05, 4.69) is 0 Å². The zero-order valence-electron chi connectivity index (χ0n) is 15.9. The zero-order chi connectivity index (χ0) is 19.5. The molecule has 0 radical (unpaired) electrons. The molecule has 1 heterocycles. The second kappa shape index (κ2) is 7.50. The van der Waals surface area contributed by atoms with Gasteiger partial charge in [-0.15, -0.1) is 0 Å². The maximum Gasteiger partial charge on any atom is 0.412 e. The summed E-state index contributed by atoms with van der Waals surface area (Å²) in [6.07, 6.45) is 2.04. The minimum absolute atomic E-state index is 0.377. The Morgan fingerprint density at radius 2 is 1.88 bits per heavy atom. The molecule has 0 aliphatic carbocycles. The van der Waals surface area contributed by atoms with Crippen LogP contribution in [0.3, 0.4) is 0 Å². The highest BCUT2D eigenvalue weighted by atomic mass is 16.6. The molecule has 0 bridgehead atoms. The Morgan fingerprint density at radius 1 is 1.27 bits per heavy atom. The summed E-state index contributed by atoms with van der Waals surface area (Å²) in [4.78, 5) is 25.4. The van der Waals surface area contributed by atoms with Crippen molar-refractivity contribution in [3.8, 4) is 0 Å². The van der Waals surface area contributed by atoms with Crippen molar-refractivity contribution in [1.82, 2.24) is 4.90 Å². The average Bonchev–Trinajstić information content (AvgIpc) is 2.74. The highest BCUT2D eigenvalue weighted by Gasteiger charge is 2.50. The van der Waals surface area contributed by atoms with Crippen molar-refractivity contribution in [3.05, 3.63) is 48.0 Å². The second-order valence-electron chi connectivity index (χ2n) is 7.83. The predicted molar refractivity (Wildman–Crippen MR) is 97.7 cm³/mol. The van der Waals surface area contributed by atoms with Gasteiger partial charge in [-0.25, -0.2) is 9.59 Å². The quantitative estimate of drug-likeness (QED) is 0.829. The first-order chi connectivity index (χ1) is 12.0. The largest absolute Gasteiger partial charge is 0.478 e. The molecule has 6 heteroatoms. The van der Waals surface area contributed by atoms with Crippen LogP contribution in [0.2, 0.25) is 0 Å². The fourth-order valence-corrected chi connectivity index (χ4v) is 3.09. The molecular formula is C20H27NO5. The number of carboxylic acids is 1. The van der Waals surface area contributed by atoms with Crippen molar-refractivity contribution in [2.24, 2.45) is 0 Å². The highest BCUT2D eigenvalue weighted by Crippen LogP contribution is 2.36. The van der Waals surface area contributed by atoms with Crippen molar-refractivity contribution in [2.45, 2.75) is 64.5 Å². The van der Waals surface area contributed by atoms with Crippen LogP contribution in [0.1, 0.15) is 40.2 Å². The summed E-state index contributed by atoms with van der Waals surface area (Å²) in [6, 6.07) is 9.34. The average molecular weight is 361 g/mol. The molecule has 142 valence electrons. The van der Waals surface area contributed by atoms with Gasteiger partial charge in [-0.05, 0) is 52.7 Å². The van der Waals surface area contributed by atoms with E-state index in [1.807, 2.05) is 51.1 Å². The van der Waals surface area contributed by atoms with Gasteiger partial charge >= 0.3 is 12.1 Å². The summed E-state index contributed by atoms with van der Waals surface area (Å²) in [6.45, 7) is 8.99. The third kappa shape index (κ3) is 5.08. The molecule has 2 atom stereocenters. The molecule has 1 aromatic carbocycles. The Kier molecular flexibility index (Phi) is 5.76. The highest BCUT2D eigenvalue weighted by molar-refractivity contribution is 5.80. The molecule has 1 saturated heterocycles. The minimum Gasteiger partial charge on any atom is -0.478 e. The second-order valence-corrected chi connectivity index (χ2v) is 7.83. The number of carbonyl (C=O) groups is 2.